The topological polar surface area (TPSA) is 102 Å². The smallest absolute Gasteiger partial charge is 0.335 e. The minimum Gasteiger partial charge on any atom is -0.479 e. The lowest BCUT2D eigenvalue weighted by Gasteiger charge is -2.16. The Morgan fingerprint density at radius 1 is 1.47 bits per heavy atom. The van der Waals surface area contributed by atoms with Crippen LogP contribution >= 0.6 is 0 Å². The van der Waals surface area contributed by atoms with Crippen LogP contribution in [0.2, 0.25) is 0 Å². The first-order valence-corrected chi connectivity index (χ1v) is 6.03. The summed E-state index contributed by atoms with van der Waals surface area (Å²) in [5.41, 5.74) is 6.04. The van der Waals surface area contributed by atoms with Gasteiger partial charge in [0, 0.05) is 6.54 Å². The van der Waals surface area contributed by atoms with Gasteiger partial charge in [0.1, 0.15) is 5.75 Å². The van der Waals surface area contributed by atoms with E-state index < -0.39 is 12.1 Å². The molecule has 1 aromatic rings. The molecule has 0 aliphatic heterocycles. The number of amides is 1. The molecule has 1 amide bonds. The Labute approximate surface area is 111 Å². The number of ether oxygens (including phenoxy) is 1. The van der Waals surface area contributed by atoms with Crippen molar-refractivity contribution in [3.8, 4) is 5.75 Å². The van der Waals surface area contributed by atoms with Crippen molar-refractivity contribution in [1.82, 2.24) is 5.32 Å². The molecule has 19 heavy (non-hydrogen) atoms. The van der Waals surface area contributed by atoms with Crippen LogP contribution in [0.1, 0.15) is 30.6 Å². The molecule has 0 aromatic heterocycles. The van der Waals surface area contributed by atoms with E-state index in [9.17, 15) is 9.59 Å². The minimum atomic E-state index is -1.08. The number of hydrogen-bond donors (Lipinski definition) is 3. The number of carbonyl (C=O) groups excluding carboxylic acids is 1. The number of carboxylic acid groups (broad SMARTS) is 1. The molecule has 0 aliphatic rings. The molecule has 1 aromatic carbocycles. The Kier molecular flexibility index (Phi) is 5.17. The second kappa shape index (κ2) is 6.63. The van der Waals surface area contributed by atoms with E-state index in [2.05, 4.69) is 5.32 Å². The maximum absolute atomic E-state index is 11.6. The zero-order valence-corrected chi connectivity index (χ0v) is 11.0. The lowest BCUT2D eigenvalue weighted by molar-refractivity contribution is -0.127. The van der Waals surface area contributed by atoms with Crippen molar-refractivity contribution in [2.75, 3.05) is 12.3 Å². The van der Waals surface area contributed by atoms with Crippen LogP contribution in [0.4, 0.5) is 5.69 Å². The average molecular weight is 266 g/mol. The van der Waals surface area contributed by atoms with Crippen LogP contribution in [-0.2, 0) is 4.79 Å². The zero-order valence-electron chi connectivity index (χ0n) is 11.0. The molecule has 1 unspecified atom stereocenters. The number of carboxylic acids is 1. The first-order chi connectivity index (χ1) is 8.95. The molecule has 0 aliphatic carbocycles. The van der Waals surface area contributed by atoms with Crippen molar-refractivity contribution in [3.63, 3.8) is 0 Å². The fraction of sp³-hybridized carbons (Fsp3) is 0.385. The van der Waals surface area contributed by atoms with Crippen LogP contribution in [-0.4, -0.2) is 29.6 Å². The third kappa shape index (κ3) is 4.17. The molecule has 0 saturated carbocycles. The molecule has 0 spiro atoms. The maximum atomic E-state index is 11.6. The van der Waals surface area contributed by atoms with Crippen molar-refractivity contribution >= 4 is 17.6 Å². The highest BCUT2D eigenvalue weighted by Gasteiger charge is 2.16. The molecule has 6 heteroatoms. The Balaban J connectivity index is 2.78. The van der Waals surface area contributed by atoms with Gasteiger partial charge in [-0.15, -0.1) is 0 Å². The minimum absolute atomic E-state index is 0.0605. The highest BCUT2D eigenvalue weighted by molar-refractivity contribution is 5.89. The van der Waals surface area contributed by atoms with Crippen LogP contribution < -0.4 is 15.8 Å². The average Bonchev–Trinajstić information content (AvgIpc) is 2.38. The quantitative estimate of drug-likeness (QED) is 0.673. The van der Waals surface area contributed by atoms with Gasteiger partial charge in [0.2, 0.25) is 0 Å². The number of anilines is 1. The zero-order chi connectivity index (χ0) is 14.4. The second-order valence-electron chi connectivity index (χ2n) is 4.11. The molecule has 1 rings (SSSR count). The van der Waals surface area contributed by atoms with E-state index in [0.717, 1.165) is 6.42 Å². The summed E-state index contributed by atoms with van der Waals surface area (Å²) in [5.74, 6) is -1.14. The highest BCUT2D eigenvalue weighted by Crippen LogP contribution is 2.24. The number of nitrogens with two attached hydrogens (primary N) is 1. The summed E-state index contributed by atoms with van der Waals surface area (Å²) in [6, 6.07) is 4.13. The summed E-state index contributed by atoms with van der Waals surface area (Å²) < 4.78 is 5.39. The van der Waals surface area contributed by atoms with Crippen LogP contribution in [0.15, 0.2) is 18.2 Å². The van der Waals surface area contributed by atoms with Crippen LogP contribution in [0.5, 0.6) is 5.75 Å². The van der Waals surface area contributed by atoms with E-state index >= 15 is 0 Å². The molecule has 0 bridgehead atoms. The van der Waals surface area contributed by atoms with E-state index in [1.807, 2.05) is 6.92 Å². The third-order valence-corrected chi connectivity index (χ3v) is 2.48. The number of nitrogens with one attached hydrogen (secondary N) is 1. The summed E-state index contributed by atoms with van der Waals surface area (Å²) in [6.45, 7) is 4.09. The number of benzene rings is 1. The van der Waals surface area contributed by atoms with Gasteiger partial charge in [0.25, 0.3) is 5.91 Å². The van der Waals surface area contributed by atoms with E-state index in [1.165, 1.54) is 18.2 Å². The van der Waals surface area contributed by atoms with E-state index in [4.69, 9.17) is 15.6 Å². The molecule has 0 heterocycles. The first-order valence-electron chi connectivity index (χ1n) is 6.03. The van der Waals surface area contributed by atoms with Crippen LogP contribution in [0.25, 0.3) is 0 Å². The normalized spacial score (nSPS) is 11.7. The van der Waals surface area contributed by atoms with Gasteiger partial charge in [-0.1, -0.05) is 6.92 Å². The van der Waals surface area contributed by atoms with Gasteiger partial charge in [0.15, 0.2) is 6.10 Å². The monoisotopic (exact) mass is 266 g/mol. The summed E-state index contributed by atoms with van der Waals surface area (Å²) in [4.78, 5) is 22.5. The van der Waals surface area contributed by atoms with Gasteiger partial charge in [-0.3, -0.25) is 4.79 Å². The maximum Gasteiger partial charge on any atom is 0.335 e. The van der Waals surface area contributed by atoms with Gasteiger partial charge >= 0.3 is 5.97 Å². The molecule has 0 fully saturated rings. The molecule has 1 atom stereocenters. The highest BCUT2D eigenvalue weighted by atomic mass is 16.5. The Morgan fingerprint density at radius 2 is 2.16 bits per heavy atom. The lowest BCUT2D eigenvalue weighted by Crippen LogP contribution is -2.36. The van der Waals surface area contributed by atoms with Crippen LogP contribution in [0, 0.1) is 0 Å². The molecule has 104 valence electrons. The largest absolute Gasteiger partial charge is 0.479 e. The van der Waals surface area contributed by atoms with Gasteiger partial charge in [-0.05, 0) is 31.5 Å². The van der Waals surface area contributed by atoms with Gasteiger partial charge in [-0.25, -0.2) is 4.79 Å². The molecule has 0 saturated heterocycles. The van der Waals surface area contributed by atoms with Crippen molar-refractivity contribution in [3.05, 3.63) is 23.8 Å². The SMILES string of the molecule is CCCNC(=O)C(C)Oc1cc(C(=O)O)ccc1N. The summed E-state index contributed by atoms with van der Waals surface area (Å²) in [5, 5.41) is 11.6. The fourth-order valence-electron chi connectivity index (χ4n) is 1.41. The van der Waals surface area contributed by atoms with Gasteiger partial charge < -0.3 is 20.9 Å². The Bertz CT molecular complexity index is 474. The van der Waals surface area contributed by atoms with E-state index in [1.54, 1.807) is 6.92 Å². The van der Waals surface area contributed by atoms with Gasteiger partial charge in [0.05, 0.1) is 11.3 Å². The molecule has 0 radical (unpaired) electrons. The van der Waals surface area contributed by atoms with Crippen molar-refractivity contribution in [1.29, 1.82) is 0 Å². The fourth-order valence-corrected chi connectivity index (χ4v) is 1.41. The summed E-state index contributed by atoms with van der Waals surface area (Å²) in [7, 11) is 0. The molecule has 4 N–H and O–H groups in total. The number of hydrogen-bond acceptors (Lipinski definition) is 4. The number of carbonyl (C=O) groups is 2. The molecule has 6 nitrogen and oxygen atoms in total. The van der Waals surface area contributed by atoms with Gasteiger partial charge in [-0.2, -0.15) is 0 Å². The Hall–Kier alpha value is -2.24. The predicted molar refractivity (Wildman–Crippen MR) is 71.2 cm³/mol. The summed E-state index contributed by atoms with van der Waals surface area (Å²) in [6.07, 6.45) is 0.0904. The van der Waals surface area contributed by atoms with Crippen LogP contribution in [0.3, 0.4) is 0 Å². The molecular formula is C13H18N2O4. The van der Waals surface area contributed by atoms with E-state index in [0.29, 0.717) is 12.2 Å². The molecular weight excluding hydrogens is 248 g/mol. The van der Waals surface area contributed by atoms with Crippen molar-refractivity contribution in [2.24, 2.45) is 0 Å². The predicted octanol–water partition coefficient (Wildman–Crippen LogP) is 1.26. The lowest BCUT2D eigenvalue weighted by atomic mass is 10.2. The second-order valence-corrected chi connectivity index (χ2v) is 4.11. The Morgan fingerprint density at radius 3 is 2.74 bits per heavy atom. The summed E-state index contributed by atoms with van der Waals surface area (Å²) >= 11 is 0. The standard InChI is InChI=1S/C13H18N2O4/c1-3-6-15-12(16)8(2)19-11-7-9(13(17)18)4-5-10(11)14/h4-5,7-8H,3,6,14H2,1-2H3,(H,15,16)(H,17,18). The van der Waals surface area contributed by atoms with Crippen molar-refractivity contribution < 1.29 is 19.4 Å². The third-order valence-electron chi connectivity index (χ3n) is 2.48. The number of rotatable bonds is 6. The number of aromatic carboxylic acids is 1. The number of nitrogen functional groups attached to an aromatic ring is 1. The first kappa shape index (κ1) is 14.8. The van der Waals surface area contributed by atoms with E-state index in [-0.39, 0.29) is 17.2 Å². The van der Waals surface area contributed by atoms with Crippen molar-refractivity contribution in [2.45, 2.75) is 26.4 Å².